The number of carbonyl (C=O) groups is 4. The molecule has 4 aromatic rings. The summed E-state index contributed by atoms with van der Waals surface area (Å²) < 4.78 is 24.3. The van der Waals surface area contributed by atoms with E-state index in [-0.39, 0.29) is 73.4 Å². The fraction of sp³-hybridized carbons (Fsp3) is 0.606. The summed E-state index contributed by atoms with van der Waals surface area (Å²) >= 11 is 0. The van der Waals surface area contributed by atoms with Gasteiger partial charge in [0.25, 0.3) is 0 Å². The Morgan fingerprint density at radius 3 is 0.675 bits per heavy atom. The first kappa shape index (κ1) is 69.5. The van der Waals surface area contributed by atoms with Gasteiger partial charge in [-0.3, -0.25) is 19.2 Å². The first-order valence-electron chi connectivity index (χ1n) is 29.9. The van der Waals surface area contributed by atoms with Crippen molar-refractivity contribution in [2.45, 2.75) is 248 Å². The molecule has 0 amide bonds. The van der Waals surface area contributed by atoms with Crippen molar-refractivity contribution < 1.29 is 58.6 Å². The Bertz CT molecular complexity index is 2590. The zero-order valence-corrected chi connectivity index (χ0v) is 54.9. The molecule has 4 aromatic carbocycles. The second kappa shape index (κ2) is 26.5. The Kier molecular flexibility index (Phi) is 22.2. The van der Waals surface area contributed by atoms with Gasteiger partial charge in [0.15, 0.2) is 0 Å². The van der Waals surface area contributed by atoms with Crippen molar-refractivity contribution in [1.82, 2.24) is 0 Å². The topological polar surface area (TPSA) is 186 Å². The van der Waals surface area contributed by atoms with Crippen LogP contribution in [-0.4, -0.2) is 70.7 Å². The molecule has 4 N–H and O–H groups in total. The van der Waals surface area contributed by atoms with Crippen molar-refractivity contribution >= 4 is 23.9 Å². The molecule has 0 saturated carbocycles. The van der Waals surface area contributed by atoms with Gasteiger partial charge in [-0.1, -0.05) is 201 Å². The minimum absolute atomic E-state index is 0.0494. The van der Waals surface area contributed by atoms with E-state index in [1.54, 1.807) is 0 Å². The summed E-state index contributed by atoms with van der Waals surface area (Å²) in [5.41, 5.74) is 5.12. The second-order valence-electron chi connectivity index (χ2n) is 30.5. The Morgan fingerprint density at radius 1 is 0.313 bits per heavy atom. The average Bonchev–Trinajstić information content (AvgIpc) is 3.26. The predicted octanol–water partition coefficient (Wildman–Crippen LogP) is 15.1. The van der Waals surface area contributed by atoms with Crippen molar-refractivity contribution in [3.05, 3.63) is 115 Å². The van der Waals surface area contributed by atoms with Gasteiger partial charge < -0.3 is 39.4 Å². The molecule has 0 aliphatic rings. The first-order chi connectivity index (χ1) is 37.8. The highest BCUT2D eigenvalue weighted by molar-refractivity contribution is 5.72. The van der Waals surface area contributed by atoms with Crippen LogP contribution in [0, 0.1) is 5.41 Å². The summed E-state index contributed by atoms with van der Waals surface area (Å²) in [7, 11) is 0. The van der Waals surface area contributed by atoms with E-state index in [2.05, 4.69) is 0 Å². The van der Waals surface area contributed by atoms with Crippen molar-refractivity contribution in [2.24, 2.45) is 5.41 Å². The number of esters is 4. The van der Waals surface area contributed by atoms with Crippen LogP contribution >= 0.6 is 0 Å². The standard InChI is InChI=1S/C71H104O12/c1-23-48-32-44(33-49(60(48)76)64(2,3)4)24-28-56(72)80-40-71(41-81-57(73)29-25-45-34-50(65(5,6)7)61(77)51(35-45)66(8,9)10,42-82-58(74)30-26-46-36-52(67(11,12)13)62(78)53(37-46)68(14,15)16)43-83-59(75)31-27-47-38-54(69(17,18)19)63(79)55(39-47)70(20,21)22/h32-39,76-79H,23-31,40-43H2,1-22H3. The number of ether oxygens (including phenoxy) is 4. The number of hydrogen-bond acceptors (Lipinski definition) is 12. The van der Waals surface area contributed by atoms with Crippen LogP contribution in [0.3, 0.4) is 0 Å². The Balaban J connectivity index is 1.74. The van der Waals surface area contributed by atoms with Crippen LogP contribution in [0.15, 0.2) is 48.5 Å². The Labute approximate surface area is 498 Å². The fourth-order valence-corrected chi connectivity index (χ4v) is 10.2. The van der Waals surface area contributed by atoms with Gasteiger partial charge in [0, 0.05) is 25.7 Å². The maximum Gasteiger partial charge on any atom is 0.306 e. The van der Waals surface area contributed by atoms with E-state index in [0.717, 1.165) is 66.8 Å². The van der Waals surface area contributed by atoms with Crippen LogP contribution < -0.4 is 0 Å². The number of rotatable bonds is 21. The summed E-state index contributed by atoms with van der Waals surface area (Å²) in [5.74, 6) is -1.46. The molecule has 4 rings (SSSR count). The fourth-order valence-electron chi connectivity index (χ4n) is 10.2. The molecule has 0 heterocycles. The zero-order valence-electron chi connectivity index (χ0n) is 54.9. The number of benzene rings is 4. The maximum absolute atomic E-state index is 14.1. The van der Waals surface area contributed by atoms with E-state index in [9.17, 15) is 39.6 Å². The van der Waals surface area contributed by atoms with Gasteiger partial charge in [0.2, 0.25) is 0 Å². The summed E-state index contributed by atoms with van der Waals surface area (Å²) in [6, 6.07) is 15.3. The number of phenolic OH excluding ortho intramolecular Hbond substituents is 4. The number of aromatic hydroxyl groups is 4. The Morgan fingerprint density at radius 2 is 0.494 bits per heavy atom. The molecule has 0 unspecified atom stereocenters. The minimum atomic E-state index is -1.57. The molecule has 0 saturated heterocycles. The van der Waals surface area contributed by atoms with Crippen LogP contribution in [0.25, 0.3) is 0 Å². The van der Waals surface area contributed by atoms with Gasteiger partial charge in [0.05, 0.1) is 0 Å². The van der Waals surface area contributed by atoms with Crippen LogP contribution in [0.2, 0.25) is 0 Å². The molecule has 0 atom stereocenters. The molecular weight excluding hydrogens is 1040 g/mol. The lowest BCUT2D eigenvalue weighted by atomic mass is 9.78. The first-order valence-corrected chi connectivity index (χ1v) is 29.9. The minimum Gasteiger partial charge on any atom is -0.507 e. The molecule has 0 aliphatic heterocycles. The molecule has 0 aliphatic carbocycles. The largest absolute Gasteiger partial charge is 0.507 e. The van der Waals surface area contributed by atoms with E-state index in [4.69, 9.17) is 18.9 Å². The van der Waals surface area contributed by atoms with Gasteiger partial charge in [-0.05, 0) is 137 Å². The van der Waals surface area contributed by atoms with Crippen LogP contribution in [0.4, 0.5) is 0 Å². The number of phenols is 4. The lowest BCUT2D eigenvalue weighted by Gasteiger charge is -2.32. The van der Waals surface area contributed by atoms with E-state index in [1.165, 1.54) is 0 Å². The summed E-state index contributed by atoms with van der Waals surface area (Å²) in [5, 5.41) is 45.3. The van der Waals surface area contributed by atoms with Crippen LogP contribution in [-0.2, 0) is 108 Å². The lowest BCUT2D eigenvalue weighted by molar-refractivity contribution is -0.170. The van der Waals surface area contributed by atoms with E-state index in [1.807, 2.05) is 201 Å². The van der Waals surface area contributed by atoms with Gasteiger partial charge in [0.1, 0.15) is 54.8 Å². The molecule has 0 bridgehead atoms. The summed E-state index contributed by atoms with van der Waals surface area (Å²) in [4.78, 5) is 56.1. The van der Waals surface area contributed by atoms with E-state index >= 15 is 0 Å². The molecule has 0 fully saturated rings. The van der Waals surface area contributed by atoms with Gasteiger partial charge in [-0.2, -0.15) is 0 Å². The summed E-state index contributed by atoms with van der Waals surface area (Å²) in [6.07, 6.45) is 1.49. The Hall–Kier alpha value is -6.04. The molecule has 83 heavy (non-hydrogen) atoms. The van der Waals surface area contributed by atoms with Gasteiger partial charge in [-0.15, -0.1) is 0 Å². The van der Waals surface area contributed by atoms with Gasteiger partial charge in [-0.25, -0.2) is 0 Å². The normalized spacial score (nSPS) is 13.0. The molecule has 12 nitrogen and oxygen atoms in total. The molecular formula is C71H104O12. The highest BCUT2D eigenvalue weighted by atomic mass is 16.6. The molecule has 0 radical (unpaired) electrons. The molecule has 12 heteroatoms. The predicted molar refractivity (Wildman–Crippen MR) is 332 cm³/mol. The number of hydrogen-bond donors (Lipinski definition) is 4. The van der Waals surface area contributed by atoms with Crippen molar-refractivity contribution in [3.8, 4) is 23.0 Å². The second-order valence-corrected chi connectivity index (χ2v) is 30.5. The lowest BCUT2D eigenvalue weighted by Crippen LogP contribution is -2.44. The summed E-state index contributed by atoms with van der Waals surface area (Å²) in [6.45, 7) is 42.6. The van der Waals surface area contributed by atoms with Crippen molar-refractivity contribution in [1.29, 1.82) is 0 Å². The maximum atomic E-state index is 14.1. The van der Waals surface area contributed by atoms with E-state index < -0.39 is 88.2 Å². The third-order valence-electron chi connectivity index (χ3n) is 15.4. The SMILES string of the molecule is CCc1cc(CCC(=O)OCC(COC(=O)CCc2cc(C(C)(C)C)c(O)c(C(C)(C)C)c2)(COC(=O)CCc2cc(C(C)(C)C)c(O)c(C(C)(C)C)c2)COC(=O)CCc2cc(C(C)(C)C)c(O)c(C(C)(C)C)c2)cc(C(C)(C)C)c1O. The van der Waals surface area contributed by atoms with Gasteiger partial charge >= 0.3 is 23.9 Å². The van der Waals surface area contributed by atoms with Crippen molar-refractivity contribution in [3.63, 3.8) is 0 Å². The third-order valence-corrected chi connectivity index (χ3v) is 15.4. The number of carbonyl (C=O) groups excluding carboxylic acids is 4. The third kappa shape index (κ3) is 19.5. The monoisotopic (exact) mass is 1150 g/mol. The number of aryl methyl sites for hydroxylation is 5. The highest BCUT2D eigenvalue weighted by Gasteiger charge is 2.39. The quantitative estimate of drug-likeness (QED) is 0.0458. The molecule has 0 spiro atoms. The zero-order chi connectivity index (χ0) is 63.2. The van der Waals surface area contributed by atoms with Crippen LogP contribution in [0.5, 0.6) is 23.0 Å². The van der Waals surface area contributed by atoms with Crippen LogP contribution in [0.1, 0.15) is 245 Å². The molecule has 460 valence electrons. The highest BCUT2D eigenvalue weighted by Crippen LogP contribution is 2.43. The van der Waals surface area contributed by atoms with Crippen molar-refractivity contribution in [2.75, 3.05) is 26.4 Å². The average molecular weight is 1150 g/mol. The smallest absolute Gasteiger partial charge is 0.306 e. The molecule has 0 aromatic heterocycles. The van der Waals surface area contributed by atoms with E-state index in [0.29, 0.717) is 12.8 Å².